The molecule has 0 radical (unpaired) electrons. The molecule has 0 aromatic heterocycles. The average molecular weight is 314 g/mol. The van der Waals surface area contributed by atoms with E-state index in [-0.39, 0.29) is 5.91 Å². The highest BCUT2D eigenvalue weighted by Crippen LogP contribution is 2.28. The third-order valence-electron chi connectivity index (χ3n) is 4.39. The molecule has 2 aromatic carbocycles. The van der Waals surface area contributed by atoms with E-state index in [0.717, 1.165) is 31.5 Å². The van der Waals surface area contributed by atoms with E-state index in [2.05, 4.69) is 24.3 Å². The van der Waals surface area contributed by atoms with Gasteiger partial charge in [-0.1, -0.05) is 54.1 Å². The first-order valence-electron chi connectivity index (χ1n) is 7.79. The fraction of sp³-hybridized carbons (Fsp3) is 0.316. The lowest BCUT2D eigenvalue weighted by molar-refractivity contribution is -0.131. The minimum absolute atomic E-state index is 0.217. The van der Waals surface area contributed by atoms with Crippen molar-refractivity contribution in [3.8, 4) is 0 Å². The number of halogens is 1. The predicted octanol–water partition coefficient (Wildman–Crippen LogP) is 4.29. The minimum atomic E-state index is 0.217. The molecule has 114 valence electrons. The Hall–Kier alpha value is -1.80. The molecule has 3 rings (SSSR count). The molecule has 1 aliphatic rings. The number of hydrogen-bond acceptors (Lipinski definition) is 1. The summed E-state index contributed by atoms with van der Waals surface area (Å²) in [5.74, 6) is 0.801. The van der Waals surface area contributed by atoms with Gasteiger partial charge in [0.25, 0.3) is 0 Å². The van der Waals surface area contributed by atoms with Crippen molar-refractivity contribution >= 4 is 17.5 Å². The van der Waals surface area contributed by atoms with Crippen LogP contribution in [0.25, 0.3) is 0 Å². The third-order valence-corrected chi connectivity index (χ3v) is 4.64. The molecular weight excluding hydrogens is 294 g/mol. The summed E-state index contributed by atoms with van der Waals surface area (Å²) in [4.78, 5) is 14.4. The summed E-state index contributed by atoms with van der Waals surface area (Å²) in [5, 5.41) is 0.708. The van der Waals surface area contributed by atoms with Crippen LogP contribution in [0.15, 0.2) is 54.6 Å². The molecule has 0 spiro atoms. The minimum Gasteiger partial charge on any atom is -0.342 e. The van der Waals surface area contributed by atoms with Gasteiger partial charge in [0.2, 0.25) is 5.91 Å². The average Bonchev–Trinajstić information content (AvgIpc) is 2.58. The van der Waals surface area contributed by atoms with Crippen molar-refractivity contribution in [2.45, 2.75) is 25.2 Å². The molecule has 0 atom stereocenters. The summed E-state index contributed by atoms with van der Waals surface area (Å²) in [6, 6.07) is 18.1. The zero-order valence-electron chi connectivity index (χ0n) is 12.5. The molecule has 1 amide bonds. The number of benzene rings is 2. The summed E-state index contributed by atoms with van der Waals surface area (Å²) < 4.78 is 0. The fourth-order valence-electron chi connectivity index (χ4n) is 3.08. The van der Waals surface area contributed by atoms with Gasteiger partial charge in [0.05, 0.1) is 6.42 Å². The summed E-state index contributed by atoms with van der Waals surface area (Å²) in [6.07, 6.45) is 2.57. The molecular formula is C19H20ClNO. The molecule has 1 fully saturated rings. The lowest BCUT2D eigenvalue weighted by atomic mass is 9.89. The fourth-order valence-corrected chi connectivity index (χ4v) is 3.20. The largest absolute Gasteiger partial charge is 0.342 e. The maximum atomic E-state index is 12.4. The molecule has 22 heavy (non-hydrogen) atoms. The van der Waals surface area contributed by atoms with E-state index in [1.165, 1.54) is 5.56 Å². The molecule has 0 N–H and O–H groups in total. The van der Waals surface area contributed by atoms with Crippen LogP contribution in [0.1, 0.15) is 29.9 Å². The molecule has 0 unspecified atom stereocenters. The van der Waals surface area contributed by atoms with E-state index in [1.807, 2.05) is 35.2 Å². The van der Waals surface area contributed by atoms with Gasteiger partial charge in [-0.25, -0.2) is 0 Å². The van der Waals surface area contributed by atoms with Gasteiger partial charge in [-0.2, -0.15) is 0 Å². The second-order valence-electron chi connectivity index (χ2n) is 5.87. The van der Waals surface area contributed by atoms with Gasteiger partial charge in [-0.15, -0.1) is 0 Å². The van der Waals surface area contributed by atoms with Crippen LogP contribution >= 0.6 is 11.6 Å². The number of rotatable bonds is 3. The highest BCUT2D eigenvalue weighted by atomic mass is 35.5. The van der Waals surface area contributed by atoms with E-state index in [0.29, 0.717) is 17.4 Å². The number of hydrogen-bond donors (Lipinski definition) is 0. The first-order chi connectivity index (χ1) is 10.7. The Morgan fingerprint density at radius 3 is 2.27 bits per heavy atom. The molecule has 2 nitrogen and oxygen atoms in total. The number of amides is 1. The van der Waals surface area contributed by atoms with Crippen molar-refractivity contribution in [1.82, 2.24) is 4.90 Å². The van der Waals surface area contributed by atoms with Crippen LogP contribution in [0, 0.1) is 0 Å². The van der Waals surface area contributed by atoms with Crippen LogP contribution < -0.4 is 0 Å². The quantitative estimate of drug-likeness (QED) is 0.828. The van der Waals surface area contributed by atoms with Crippen molar-refractivity contribution in [3.63, 3.8) is 0 Å². The number of piperidine rings is 1. The Kier molecular flexibility index (Phi) is 4.79. The third kappa shape index (κ3) is 3.69. The van der Waals surface area contributed by atoms with E-state index < -0.39 is 0 Å². The van der Waals surface area contributed by atoms with Gasteiger partial charge in [0, 0.05) is 18.1 Å². The molecule has 0 bridgehead atoms. The van der Waals surface area contributed by atoms with Crippen LogP contribution in [0.3, 0.4) is 0 Å². The number of likely N-dealkylation sites (tertiary alicyclic amines) is 1. The second-order valence-corrected chi connectivity index (χ2v) is 6.31. The Morgan fingerprint density at radius 2 is 1.64 bits per heavy atom. The molecule has 3 heteroatoms. The lowest BCUT2D eigenvalue weighted by Gasteiger charge is -2.32. The standard InChI is InChI=1S/C19H20ClNO/c20-18-8-6-15(7-9-18)14-19(22)21-12-10-17(11-13-21)16-4-2-1-3-5-16/h1-9,17H,10-14H2. The molecule has 1 aliphatic heterocycles. The first-order valence-corrected chi connectivity index (χ1v) is 8.17. The molecule has 0 saturated carbocycles. The van der Waals surface area contributed by atoms with Crippen LogP contribution in [-0.4, -0.2) is 23.9 Å². The van der Waals surface area contributed by atoms with Gasteiger partial charge in [-0.05, 0) is 42.0 Å². The van der Waals surface area contributed by atoms with E-state index in [9.17, 15) is 4.79 Å². The zero-order chi connectivity index (χ0) is 15.4. The Morgan fingerprint density at radius 1 is 1.00 bits per heavy atom. The smallest absolute Gasteiger partial charge is 0.226 e. The molecule has 0 aliphatic carbocycles. The molecule has 1 saturated heterocycles. The lowest BCUT2D eigenvalue weighted by Crippen LogP contribution is -2.38. The van der Waals surface area contributed by atoms with Crippen molar-refractivity contribution in [3.05, 3.63) is 70.7 Å². The Bertz CT molecular complexity index is 616. The van der Waals surface area contributed by atoms with Crippen molar-refractivity contribution in [2.24, 2.45) is 0 Å². The van der Waals surface area contributed by atoms with Crippen LogP contribution in [0.4, 0.5) is 0 Å². The van der Waals surface area contributed by atoms with Gasteiger partial charge in [0.1, 0.15) is 0 Å². The number of carbonyl (C=O) groups is 1. The topological polar surface area (TPSA) is 20.3 Å². The maximum Gasteiger partial charge on any atom is 0.226 e. The number of carbonyl (C=O) groups excluding carboxylic acids is 1. The van der Waals surface area contributed by atoms with Gasteiger partial charge >= 0.3 is 0 Å². The van der Waals surface area contributed by atoms with E-state index in [1.54, 1.807) is 0 Å². The second kappa shape index (κ2) is 6.97. The zero-order valence-corrected chi connectivity index (χ0v) is 13.3. The Labute approximate surface area is 136 Å². The SMILES string of the molecule is O=C(Cc1ccc(Cl)cc1)N1CCC(c2ccccc2)CC1. The summed E-state index contributed by atoms with van der Waals surface area (Å²) >= 11 is 5.88. The maximum absolute atomic E-state index is 12.4. The van der Waals surface area contributed by atoms with Gasteiger partial charge < -0.3 is 4.90 Å². The van der Waals surface area contributed by atoms with Crippen LogP contribution in [-0.2, 0) is 11.2 Å². The van der Waals surface area contributed by atoms with Crippen LogP contribution in [0.2, 0.25) is 5.02 Å². The van der Waals surface area contributed by atoms with Gasteiger partial charge in [0.15, 0.2) is 0 Å². The Balaban J connectivity index is 1.54. The molecule has 2 aromatic rings. The summed E-state index contributed by atoms with van der Waals surface area (Å²) in [7, 11) is 0. The van der Waals surface area contributed by atoms with Crippen molar-refractivity contribution in [1.29, 1.82) is 0 Å². The summed E-state index contributed by atoms with van der Waals surface area (Å²) in [5.41, 5.74) is 2.42. The molecule has 1 heterocycles. The number of nitrogens with zero attached hydrogens (tertiary/aromatic N) is 1. The first kappa shape index (κ1) is 15.1. The van der Waals surface area contributed by atoms with E-state index >= 15 is 0 Å². The van der Waals surface area contributed by atoms with Gasteiger partial charge in [-0.3, -0.25) is 4.79 Å². The highest BCUT2D eigenvalue weighted by Gasteiger charge is 2.23. The van der Waals surface area contributed by atoms with E-state index in [4.69, 9.17) is 11.6 Å². The van der Waals surface area contributed by atoms with Crippen molar-refractivity contribution in [2.75, 3.05) is 13.1 Å². The van der Waals surface area contributed by atoms with Crippen LogP contribution in [0.5, 0.6) is 0 Å². The van der Waals surface area contributed by atoms with Crippen molar-refractivity contribution < 1.29 is 4.79 Å². The highest BCUT2D eigenvalue weighted by molar-refractivity contribution is 6.30. The normalized spacial score (nSPS) is 15.8. The monoisotopic (exact) mass is 313 g/mol. The summed E-state index contributed by atoms with van der Waals surface area (Å²) in [6.45, 7) is 1.71. The predicted molar refractivity (Wildman–Crippen MR) is 90.2 cm³/mol.